The SMILES string of the molecule is CCCCCCCCCCCCCCCCCCC[n+]1c(CC(C)c2ccccc2)cn(C)c1Cc1ccccc1. The Labute approximate surface area is 253 Å². The van der Waals surface area contributed by atoms with Crippen LogP contribution in [0.15, 0.2) is 66.9 Å². The van der Waals surface area contributed by atoms with Crippen LogP contribution in [0, 0.1) is 0 Å². The van der Waals surface area contributed by atoms with Crippen LogP contribution in [0.5, 0.6) is 0 Å². The van der Waals surface area contributed by atoms with Crippen molar-refractivity contribution in [2.75, 3.05) is 0 Å². The van der Waals surface area contributed by atoms with Gasteiger partial charge in [-0.25, -0.2) is 9.13 Å². The van der Waals surface area contributed by atoms with Crippen molar-refractivity contribution in [3.05, 3.63) is 89.5 Å². The Hall–Kier alpha value is -2.35. The maximum Gasteiger partial charge on any atom is 0.260 e. The lowest BCUT2D eigenvalue weighted by Crippen LogP contribution is -2.41. The molecule has 3 rings (SSSR count). The average Bonchev–Trinajstić information content (AvgIpc) is 3.28. The minimum absolute atomic E-state index is 0.518. The Bertz CT molecular complexity index is 1040. The van der Waals surface area contributed by atoms with E-state index in [1.807, 2.05) is 0 Å². The highest BCUT2D eigenvalue weighted by molar-refractivity contribution is 5.21. The number of nitrogens with zero attached hydrogens (tertiary/aromatic N) is 2. The van der Waals surface area contributed by atoms with E-state index in [1.165, 1.54) is 132 Å². The van der Waals surface area contributed by atoms with E-state index in [-0.39, 0.29) is 0 Å². The minimum atomic E-state index is 0.518. The van der Waals surface area contributed by atoms with Gasteiger partial charge in [0, 0.05) is 6.42 Å². The summed E-state index contributed by atoms with van der Waals surface area (Å²) in [5, 5.41) is 0. The molecule has 41 heavy (non-hydrogen) atoms. The van der Waals surface area contributed by atoms with Crippen molar-refractivity contribution in [1.29, 1.82) is 0 Å². The molecular formula is C39H61N2+. The highest BCUT2D eigenvalue weighted by atomic mass is 15.1. The van der Waals surface area contributed by atoms with E-state index >= 15 is 0 Å². The summed E-state index contributed by atoms with van der Waals surface area (Å²) in [7, 11) is 2.24. The Morgan fingerprint density at radius 1 is 0.610 bits per heavy atom. The summed E-state index contributed by atoms with van der Waals surface area (Å²) < 4.78 is 5.03. The van der Waals surface area contributed by atoms with E-state index in [0.717, 1.165) is 19.4 Å². The van der Waals surface area contributed by atoms with Crippen molar-refractivity contribution in [3.8, 4) is 0 Å². The first-order valence-corrected chi connectivity index (χ1v) is 17.3. The molecule has 2 nitrogen and oxygen atoms in total. The first-order valence-electron chi connectivity index (χ1n) is 17.3. The van der Waals surface area contributed by atoms with Crippen LogP contribution in [0.3, 0.4) is 0 Å². The highest BCUT2D eigenvalue weighted by Crippen LogP contribution is 2.20. The van der Waals surface area contributed by atoms with Gasteiger partial charge in [-0.2, -0.15) is 0 Å². The second-order valence-electron chi connectivity index (χ2n) is 12.6. The molecule has 0 amide bonds. The van der Waals surface area contributed by atoms with Crippen LogP contribution in [0.25, 0.3) is 0 Å². The van der Waals surface area contributed by atoms with Gasteiger partial charge in [-0.15, -0.1) is 0 Å². The number of benzene rings is 2. The van der Waals surface area contributed by atoms with Crippen LogP contribution in [0.1, 0.15) is 152 Å². The third-order valence-electron chi connectivity index (χ3n) is 8.98. The van der Waals surface area contributed by atoms with E-state index in [1.54, 1.807) is 0 Å². The number of aromatic nitrogens is 2. The molecule has 1 heterocycles. The van der Waals surface area contributed by atoms with Crippen molar-refractivity contribution < 1.29 is 4.57 Å². The maximum absolute atomic E-state index is 2.65. The lowest BCUT2D eigenvalue weighted by Gasteiger charge is -2.12. The Morgan fingerprint density at radius 3 is 1.59 bits per heavy atom. The first-order chi connectivity index (χ1) is 20.2. The van der Waals surface area contributed by atoms with Gasteiger partial charge in [0.25, 0.3) is 5.82 Å². The maximum atomic E-state index is 2.65. The second kappa shape index (κ2) is 20.5. The predicted octanol–water partition coefficient (Wildman–Crippen LogP) is 10.9. The fourth-order valence-corrected chi connectivity index (χ4v) is 6.37. The van der Waals surface area contributed by atoms with E-state index in [2.05, 4.69) is 96.9 Å². The van der Waals surface area contributed by atoms with Crippen molar-refractivity contribution in [1.82, 2.24) is 4.57 Å². The largest absolute Gasteiger partial charge is 0.260 e. The van der Waals surface area contributed by atoms with Crippen LogP contribution in [-0.2, 0) is 26.4 Å². The van der Waals surface area contributed by atoms with E-state index < -0.39 is 0 Å². The Balaban J connectivity index is 1.36. The summed E-state index contributed by atoms with van der Waals surface area (Å²) in [6.07, 6.45) is 28.7. The number of imidazole rings is 1. The number of unbranched alkanes of at least 4 members (excludes halogenated alkanes) is 16. The monoisotopic (exact) mass is 557 g/mol. The molecule has 1 unspecified atom stereocenters. The molecule has 0 aliphatic rings. The van der Waals surface area contributed by atoms with Gasteiger partial charge in [-0.05, 0) is 29.9 Å². The number of hydrogen-bond acceptors (Lipinski definition) is 0. The van der Waals surface area contributed by atoms with Gasteiger partial charge < -0.3 is 0 Å². The summed E-state index contributed by atoms with van der Waals surface area (Å²) >= 11 is 0. The van der Waals surface area contributed by atoms with Crippen molar-refractivity contribution in [2.24, 2.45) is 7.05 Å². The smallest absolute Gasteiger partial charge is 0.236 e. The second-order valence-corrected chi connectivity index (χ2v) is 12.6. The minimum Gasteiger partial charge on any atom is -0.236 e. The fourth-order valence-electron chi connectivity index (χ4n) is 6.37. The lowest BCUT2D eigenvalue weighted by atomic mass is 9.96. The first kappa shape index (κ1) is 33.2. The molecule has 0 N–H and O–H groups in total. The molecule has 0 radical (unpaired) electrons. The zero-order valence-electron chi connectivity index (χ0n) is 27.0. The zero-order valence-corrected chi connectivity index (χ0v) is 27.0. The van der Waals surface area contributed by atoms with E-state index in [0.29, 0.717) is 5.92 Å². The average molecular weight is 558 g/mol. The number of hydrogen-bond donors (Lipinski definition) is 0. The molecule has 226 valence electrons. The summed E-state index contributed by atoms with van der Waals surface area (Å²) in [5.41, 5.74) is 4.31. The van der Waals surface area contributed by atoms with Crippen molar-refractivity contribution in [2.45, 2.75) is 148 Å². The van der Waals surface area contributed by atoms with Crippen LogP contribution in [0.2, 0.25) is 0 Å². The fraction of sp³-hybridized carbons (Fsp3) is 0.615. The van der Waals surface area contributed by atoms with Gasteiger partial charge >= 0.3 is 0 Å². The van der Waals surface area contributed by atoms with Crippen molar-refractivity contribution in [3.63, 3.8) is 0 Å². The molecule has 0 saturated carbocycles. The van der Waals surface area contributed by atoms with E-state index in [4.69, 9.17) is 0 Å². The summed E-state index contributed by atoms with van der Waals surface area (Å²) in [4.78, 5) is 0. The van der Waals surface area contributed by atoms with Crippen LogP contribution < -0.4 is 4.57 Å². The van der Waals surface area contributed by atoms with Gasteiger partial charge in [0.05, 0.1) is 20.0 Å². The molecule has 1 atom stereocenters. The molecule has 0 aliphatic carbocycles. The van der Waals surface area contributed by atoms with Gasteiger partial charge in [0.2, 0.25) is 0 Å². The number of rotatable bonds is 23. The molecule has 0 fully saturated rings. The molecule has 2 heteroatoms. The predicted molar refractivity (Wildman–Crippen MR) is 178 cm³/mol. The topological polar surface area (TPSA) is 8.81 Å². The molecule has 1 aromatic heterocycles. The van der Waals surface area contributed by atoms with Crippen LogP contribution >= 0.6 is 0 Å². The molecule has 0 aliphatic heterocycles. The third-order valence-corrected chi connectivity index (χ3v) is 8.98. The van der Waals surface area contributed by atoms with Gasteiger partial charge in [-0.3, -0.25) is 0 Å². The number of aryl methyl sites for hydroxylation is 1. The molecular weight excluding hydrogens is 496 g/mol. The lowest BCUT2D eigenvalue weighted by molar-refractivity contribution is -0.710. The molecule has 0 spiro atoms. The Kier molecular flexibility index (Phi) is 16.6. The van der Waals surface area contributed by atoms with Gasteiger partial charge in [-0.1, -0.05) is 171 Å². The van der Waals surface area contributed by atoms with Gasteiger partial charge in [0.15, 0.2) is 0 Å². The highest BCUT2D eigenvalue weighted by Gasteiger charge is 2.23. The summed E-state index contributed by atoms with van der Waals surface area (Å²) in [5.74, 6) is 1.95. The molecule has 3 aromatic rings. The van der Waals surface area contributed by atoms with Gasteiger partial charge in [0.1, 0.15) is 11.9 Å². The van der Waals surface area contributed by atoms with Crippen LogP contribution in [0.4, 0.5) is 0 Å². The third kappa shape index (κ3) is 13.0. The summed E-state index contributed by atoms with van der Waals surface area (Å²) in [6, 6.07) is 22.0. The quantitative estimate of drug-likeness (QED) is 0.0810. The molecule has 2 aromatic carbocycles. The zero-order chi connectivity index (χ0) is 29.0. The summed E-state index contributed by atoms with van der Waals surface area (Å²) in [6.45, 7) is 5.81. The molecule has 0 saturated heterocycles. The van der Waals surface area contributed by atoms with Crippen LogP contribution in [-0.4, -0.2) is 4.57 Å². The van der Waals surface area contributed by atoms with Crippen molar-refractivity contribution >= 4 is 0 Å². The standard InChI is InChI=1S/C39H61N2/c1-4-5-6-7-8-9-10-11-12-13-14-15-16-17-18-19-26-31-41-38(32-35(2)37-29-24-21-25-30-37)34-40(3)39(41)33-36-27-22-20-23-28-36/h20-25,27-30,34-35H,4-19,26,31-33H2,1-3H3/q+1. The molecule has 0 bridgehead atoms. The normalized spacial score (nSPS) is 12.2. The Morgan fingerprint density at radius 2 is 1.07 bits per heavy atom. The van der Waals surface area contributed by atoms with E-state index in [9.17, 15) is 0 Å².